The van der Waals surface area contributed by atoms with Gasteiger partial charge in [0, 0.05) is 12.2 Å². The van der Waals surface area contributed by atoms with Crippen LogP contribution in [0.25, 0.3) is 0 Å². The highest BCUT2D eigenvalue weighted by Gasteiger charge is 2.09. The molecule has 0 radical (unpaired) electrons. The molecule has 0 saturated carbocycles. The van der Waals surface area contributed by atoms with E-state index in [9.17, 15) is 4.79 Å². The van der Waals surface area contributed by atoms with Crippen molar-refractivity contribution in [2.75, 3.05) is 7.11 Å². The van der Waals surface area contributed by atoms with Crippen molar-refractivity contribution in [2.45, 2.75) is 25.8 Å². The fourth-order valence-corrected chi connectivity index (χ4v) is 1.82. The lowest BCUT2D eigenvalue weighted by molar-refractivity contribution is 0.0594. The zero-order valence-electron chi connectivity index (χ0n) is 11.8. The van der Waals surface area contributed by atoms with Gasteiger partial charge in [0.1, 0.15) is 5.82 Å². The Morgan fingerprint density at radius 1 is 1.43 bits per heavy atom. The molecule has 1 aromatic rings. The summed E-state index contributed by atoms with van der Waals surface area (Å²) in [6.07, 6.45) is 5.67. The largest absolute Gasteiger partial charge is 0.464 e. The van der Waals surface area contributed by atoms with Gasteiger partial charge in [-0.25, -0.2) is 4.79 Å². The molecule has 0 fully saturated rings. The number of carbonyl (C=O) groups is 1. The number of hydrogen-bond donors (Lipinski definition) is 3. The van der Waals surface area contributed by atoms with E-state index in [1.807, 2.05) is 0 Å². The van der Waals surface area contributed by atoms with Crippen LogP contribution in [-0.4, -0.2) is 28.1 Å². The second-order valence-corrected chi connectivity index (χ2v) is 5.19. The maximum atomic E-state index is 11.2. The van der Waals surface area contributed by atoms with Gasteiger partial charge in [-0.3, -0.25) is 4.68 Å². The lowest BCUT2D eigenvalue weighted by Crippen LogP contribution is -2.10. The number of methoxy groups -OCH3 is 1. The highest BCUT2D eigenvalue weighted by atomic mass is 79.9. The summed E-state index contributed by atoms with van der Waals surface area (Å²) in [6.45, 7) is 0.646. The molecule has 0 saturated heterocycles. The summed E-state index contributed by atoms with van der Waals surface area (Å²) in [5.74, 6) is -0.305. The Morgan fingerprint density at radius 2 is 2.14 bits per heavy atom. The van der Waals surface area contributed by atoms with Crippen LogP contribution in [0.15, 0.2) is 28.3 Å². The SMILES string of the molecule is COC(=O)c1cn(CCCC/C(N)=C/C(Br)=C(N)N)nn1. The van der Waals surface area contributed by atoms with Crippen LogP contribution in [0.5, 0.6) is 0 Å². The minimum Gasteiger partial charge on any atom is -0.464 e. The van der Waals surface area contributed by atoms with Crippen LogP contribution < -0.4 is 17.2 Å². The molecule has 1 rings (SSSR count). The fourth-order valence-electron chi connectivity index (χ4n) is 1.53. The van der Waals surface area contributed by atoms with E-state index in [0.717, 1.165) is 12.8 Å². The summed E-state index contributed by atoms with van der Waals surface area (Å²) in [7, 11) is 1.30. The van der Waals surface area contributed by atoms with Crippen molar-refractivity contribution in [3.63, 3.8) is 0 Å². The van der Waals surface area contributed by atoms with E-state index >= 15 is 0 Å². The molecule has 6 N–H and O–H groups in total. The van der Waals surface area contributed by atoms with Gasteiger partial charge >= 0.3 is 5.97 Å². The number of halogens is 1. The Balaban J connectivity index is 2.36. The van der Waals surface area contributed by atoms with E-state index < -0.39 is 5.97 Å². The Morgan fingerprint density at radius 3 is 2.76 bits per heavy atom. The second kappa shape index (κ2) is 8.30. The van der Waals surface area contributed by atoms with Crippen molar-refractivity contribution >= 4 is 21.9 Å². The number of nitrogens with zero attached hydrogens (tertiary/aromatic N) is 3. The molecule has 0 aliphatic heterocycles. The monoisotopic (exact) mass is 358 g/mol. The molecule has 0 unspecified atom stereocenters. The molecule has 0 spiro atoms. The van der Waals surface area contributed by atoms with Crippen LogP contribution in [0.3, 0.4) is 0 Å². The molecule has 1 aromatic heterocycles. The number of hydrogen-bond acceptors (Lipinski definition) is 7. The Hall–Kier alpha value is -2.03. The maximum absolute atomic E-state index is 11.2. The molecule has 0 aromatic carbocycles. The fraction of sp³-hybridized carbons (Fsp3) is 0.417. The van der Waals surface area contributed by atoms with Gasteiger partial charge < -0.3 is 21.9 Å². The first-order valence-electron chi connectivity index (χ1n) is 6.29. The number of nitrogens with two attached hydrogens (primary N) is 3. The molecule has 0 aliphatic rings. The first-order valence-corrected chi connectivity index (χ1v) is 7.08. The molecule has 9 heteroatoms. The van der Waals surface area contributed by atoms with Crippen molar-refractivity contribution in [1.29, 1.82) is 0 Å². The van der Waals surface area contributed by atoms with E-state index in [1.165, 1.54) is 7.11 Å². The first-order chi connectivity index (χ1) is 9.93. The Labute approximate surface area is 131 Å². The number of unbranched alkanes of at least 4 members (excludes halogenated alkanes) is 1. The number of aryl methyl sites for hydroxylation is 1. The van der Waals surface area contributed by atoms with Gasteiger partial charge in [-0.1, -0.05) is 5.21 Å². The van der Waals surface area contributed by atoms with Gasteiger partial charge in [-0.2, -0.15) is 0 Å². The minimum absolute atomic E-state index is 0.191. The quantitative estimate of drug-likeness (QED) is 0.368. The number of allylic oxidation sites excluding steroid dienone is 3. The summed E-state index contributed by atoms with van der Waals surface area (Å²) in [4.78, 5) is 11.2. The molecule has 21 heavy (non-hydrogen) atoms. The van der Waals surface area contributed by atoms with Crippen molar-refractivity contribution in [3.8, 4) is 0 Å². The summed E-state index contributed by atoms with van der Waals surface area (Å²) in [5, 5.41) is 7.57. The summed E-state index contributed by atoms with van der Waals surface area (Å²) < 4.78 is 6.73. The first kappa shape index (κ1) is 17.0. The molecule has 8 nitrogen and oxygen atoms in total. The van der Waals surface area contributed by atoms with Crippen LogP contribution in [-0.2, 0) is 11.3 Å². The third-order valence-corrected chi connectivity index (χ3v) is 3.31. The van der Waals surface area contributed by atoms with E-state index in [0.29, 0.717) is 23.1 Å². The zero-order chi connectivity index (χ0) is 15.8. The number of aromatic nitrogens is 3. The summed E-state index contributed by atoms with van der Waals surface area (Å²) >= 11 is 3.22. The van der Waals surface area contributed by atoms with Crippen LogP contribution in [0.1, 0.15) is 29.8 Å². The molecular formula is C12H19BrN6O2. The van der Waals surface area contributed by atoms with Gasteiger partial charge in [0.05, 0.1) is 17.8 Å². The predicted octanol–water partition coefficient (Wildman–Crippen LogP) is 0.559. The van der Waals surface area contributed by atoms with E-state index in [-0.39, 0.29) is 11.5 Å². The topological polar surface area (TPSA) is 135 Å². The van der Waals surface area contributed by atoms with Crippen LogP contribution in [0.2, 0.25) is 0 Å². The van der Waals surface area contributed by atoms with Crippen LogP contribution in [0.4, 0.5) is 0 Å². The van der Waals surface area contributed by atoms with Crippen molar-refractivity contribution in [2.24, 2.45) is 17.2 Å². The molecule has 1 heterocycles. The average Bonchev–Trinajstić information content (AvgIpc) is 2.91. The lowest BCUT2D eigenvalue weighted by atomic mass is 10.2. The highest BCUT2D eigenvalue weighted by Crippen LogP contribution is 2.12. The normalized spacial score (nSPS) is 11.2. The van der Waals surface area contributed by atoms with Gasteiger partial charge in [-0.05, 0) is 41.3 Å². The Kier molecular flexibility index (Phi) is 6.73. The third kappa shape index (κ3) is 5.86. The molecule has 0 aliphatic carbocycles. The third-order valence-electron chi connectivity index (χ3n) is 2.62. The van der Waals surface area contributed by atoms with Crippen LogP contribution in [0, 0.1) is 0 Å². The number of rotatable bonds is 7. The lowest BCUT2D eigenvalue weighted by Gasteiger charge is -2.03. The van der Waals surface area contributed by atoms with E-state index in [1.54, 1.807) is 17.0 Å². The molecule has 116 valence electrons. The standard InChI is InChI=1S/C12H19BrN6O2/c1-21-12(20)10-7-19(18-17-10)5-3-2-4-8(14)6-9(13)11(15)16/h6-7H,2-5,14-16H2,1H3/b8-6-. The minimum atomic E-state index is -0.496. The van der Waals surface area contributed by atoms with Crippen LogP contribution >= 0.6 is 15.9 Å². The zero-order valence-corrected chi connectivity index (χ0v) is 13.3. The molecule has 0 bridgehead atoms. The van der Waals surface area contributed by atoms with Crippen molar-refractivity contribution in [3.05, 3.63) is 34.0 Å². The van der Waals surface area contributed by atoms with Crippen molar-refractivity contribution in [1.82, 2.24) is 15.0 Å². The smallest absolute Gasteiger partial charge is 0.360 e. The van der Waals surface area contributed by atoms with Gasteiger partial charge in [0.2, 0.25) is 0 Å². The maximum Gasteiger partial charge on any atom is 0.360 e. The highest BCUT2D eigenvalue weighted by molar-refractivity contribution is 9.11. The van der Waals surface area contributed by atoms with Gasteiger partial charge in [-0.15, -0.1) is 5.10 Å². The van der Waals surface area contributed by atoms with E-state index in [4.69, 9.17) is 17.2 Å². The Bertz CT molecular complexity index is 548. The van der Waals surface area contributed by atoms with Crippen molar-refractivity contribution < 1.29 is 9.53 Å². The number of carbonyl (C=O) groups excluding carboxylic acids is 1. The second-order valence-electron chi connectivity index (χ2n) is 4.34. The average molecular weight is 359 g/mol. The van der Waals surface area contributed by atoms with Gasteiger partial charge in [0.25, 0.3) is 0 Å². The molecule has 0 atom stereocenters. The number of esters is 1. The number of ether oxygens (including phenoxy) is 1. The summed E-state index contributed by atoms with van der Waals surface area (Å²) in [5.41, 5.74) is 17.5. The van der Waals surface area contributed by atoms with Gasteiger partial charge in [0.15, 0.2) is 5.69 Å². The summed E-state index contributed by atoms with van der Waals surface area (Å²) in [6, 6.07) is 0. The predicted molar refractivity (Wildman–Crippen MR) is 81.8 cm³/mol. The van der Waals surface area contributed by atoms with E-state index in [2.05, 4.69) is 31.0 Å². The molecule has 0 amide bonds. The molecular weight excluding hydrogens is 340 g/mol.